The monoisotopic (exact) mass is 360 g/mol. The Balaban J connectivity index is 1.85. The lowest BCUT2D eigenvalue weighted by molar-refractivity contribution is -0.384. The van der Waals surface area contributed by atoms with E-state index in [4.69, 9.17) is 23.2 Å². The summed E-state index contributed by atoms with van der Waals surface area (Å²) in [5.41, 5.74) is 2.70. The topological polar surface area (TPSA) is 55.2 Å². The third-order valence-electron chi connectivity index (χ3n) is 4.86. The maximum atomic E-state index is 11.2. The number of nitro benzene ring substituents is 1. The van der Waals surface area contributed by atoms with E-state index in [9.17, 15) is 10.1 Å². The highest BCUT2D eigenvalue weighted by atomic mass is 35.5. The Morgan fingerprint density at radius 3 is 2.67 bits per heavy atom. The Morgan fingerprint density at radius 1 is 1.12 bits per heavy atom. The van der Waals surface area contributed by atoms with Crippen LogP contribution in [0.2, 0.25) is 10.0 Å². The first-order chi connectivity index (χ1) is 11.6. The van der Waals surface area contributed by atoms with E-state index >= 15 is 0 Å². The minimum Gasteiger partial charge on any atom is -0.376 e. The molecular formula is C18H14Cl2N2O2. The molecule has 0 fully saturated rings. The molecule has 122 valence electrons. The van der Waals surface area contributed by atoms with Gasteiger partial charge >= 0.3 is 0 Å². The number of fused-ring (bicyclic) bond motifs is 3. The second kappa shape index (κ2) is 5.80. The van der Waals surface area contributed by atoms with E-state index in [1.807, 2.05) is 24.3 Å². The molecule has 0 amide bonds. The van der Waals surface area contributed by atoms with E-state index in [0.717, 1.165) is 23.2 Å². The highest BCUT2D eigenvalue weighted by molar-refractivity contribution is 6.34. The van der Waals surface area contributed by atoms with Crippen LogP contribution in [0.5, 0.6) is 0 Å². The molecule has 3 atom stereocenters. The van der Waals surface area contributed by atoms with Crippen LogP contribution >= 0.6 is 23.2 Å². The van der Waals surface area contributed by atoms with Crippen molar-refractivity contribution in [1.29, 1.82) is 0 Å². The molecule has 0 saturated carbocycles. The Kier molecular flexibility index (Phi) is 3.74. The van der Waals surface area contributed by atoms with Crippen LogP contribution < -0.4 is 5.32 Å². The zero-order valence-corrected chi connectivity index (χ0v) is 14.1. The molecule has 0 saturated heterocycles. The van der Waals surface area contributed by atoms with Gasteiger partial charge in [-0.25, -0.2) is 0 Å². The van der Waals surface area contributed by atoms with Crippen LogP contribution in [0.1, 0.15) is 29.5 Å². The number of allylic oxidation sites excluding steroid dienone is 2. The van der Waals surface area contributed by atoms with Gasteiger partial charge in [-0.3, -0.25) is 10.1 Å². The fourth-order valence-corrected chi connectivity index (χ4v) is 4.31. The van der Waals surface area contributed by atoms with Crippen LogP contribution in [0.4, 0.5) is 11.4 Å². The van der Waals surface area contributed by atoms with Crippen LogP contribution in [-0.4, -0.2) is 4.92 Å². The van der Waals surface area contributed by atoms with Crippen molar-refractivity contribution in [2.24, 2.45) is 5.92 Å². The molecule has 0 radical (unpaired) electrons. The third-order valence-corrected chi connectivity index (χ3v) is 5.50. The Labute approximate surface area is 149 Å². The van der Waals surface area contributed by atoms with E-state index in [2.05, 4.69) is 17.5 Å². The van der Waals surface area contributed by atoms with E-state index in [1.54, 1.807) is 6.07 Å². The predicted molar refractivity (Wildman–Crippen MR) is 95.9 cm³/mol. The Morgan fingerprint density at radius 2 is 1.92 bits per heavy atom. The maximum Gasteiger partial charge on any atom is 0.271 e. The first kappa shape index (κ1) is 15.5. The zero-order chi connectivity index (χ0) is 16.8. The molecule has 4 nitrogen and oxygen atoms in total. The minimum absolute atomic E-state index is 0.0187. The maximum absolute atomic E-state index is 11.2. The number of non-ortho nitro benzene ring substituents is 1. The summed E-state index contributed by atoms with van der Waals surface area (Å²) in [6.07, 6.45) is 5.14. The lowest BCUT2D eigenvalue weighted by Gasteiger charge is -2.38. The van der Waals surface area contributed by atoms with Gasteiger partial charge in [-0.2, -0.15) is 0 Å². The molecule has 4 rings (SSSR count). The molecule has 6 heteroatoms. The summed E-state index contributed by atoms with van der Waals surface area (Å²) in [5, 5.41) is 15.7. The van der Waals surface area contributed by atoms with Crippen molar-refractivity contribution in [2.75, 3.05) is 5.32 Å². The number of nitrogens with one attached hydrogen (secondary N) is 1. The predicted octanol–water partition coefficient (Wildman–Crippen LogP) is 5.73. The van der Waals surface area contributed by atoms with Gasteiger partial charge in [0.05, 0.1) is 21.7 Å². The number of nitrogens with zero attached hydrogens (tertiary/aromatic N) is 1. The van der Waals surface area contributed by atoms with Crippen molar-refractivity contribution in [3.8, 4) is 0 Å². The molecule has 1 aliphatic carbocycles. The molecule has 1 N–H and O–H groups in total. The Bertz CT molecular complexity index is 866. The number of benzene rings is 2. The van der Waals surface area contributed by atoms with Gasteiger partial charge in [0.1, 0.15) is 0 Å². The summed E-state index contributed by atoms with van der Waals surface area (Å²) in [6, 6.07) is 10.8. The smallest absolute Gasteiger partial charge is 0.271 e. The van der Waals surface area contributed by atoms with Gasteiger partial charge in [-0.15, -0.1) is 0 Å². The third kappa shape index (κ3) is 2.38. The summed E-state index contributed by atoms with van der Waals surface area (Å²) in [6.45, 7) is 0. The molecule has 0 aromatic heterocycles. The van der Waals surface area contributed by atoms with Crippen molar-refractivity contribution in [2.45, 2.75) is 18.4 Å². The van der Waals surface area contributed by atoms with E-state index in [0.29, 0.717) is 10.0 Å². The number of hydrogen-bond acceptors (Lipinski definition) is 3. The van der Waals surface area contributed by atoms with Gasteiger partial charge in [0.15, 0.2) is 0 Å². The average Bonchev–Trinajstić information content (AvgIpc) is 3.05. The Hall–Kier alpha value is -2.04. The van der Waals surface area contributed by atoms with Gasteiger partial charge in [0, 0.05) is 23.1 Å². The summed E-state index contributed by atoms with van der Waals surface area (Å²) in [5.74, 6) is 0.357. The highest BCUT2D eigenvalue weighted by Crippen LogP contribution is 2.53. The van der Waals surface area contributed by atoms with Crippen LogP contribution in [0, 0.1) is 16.0 Å². The second-order valence-corrected chi connectivity index (χ2v) is 6.96. The second-order valence-electron chi connectivity index (χ2n) is 6.15. The highest BCUT2D eigenvalue weighted by Gasteiger charge is 2.40. The van der Waals surface area contributed by atoms with Crippen molar-refractivity contribution < 1.29 is 4.92 Å². The van der Waals surface area contributed by atoms with Crippen LogP contribution in [-0.2, 0) is 0 Å². The number of hydrogen-bond donors (Lipinski definition) is 1. The SMILES string of the molecule is O=[N+]([O-])c1cc(Cl)c2c(c1)[C@@H]1C=CC[C@@H]1[C@@H](c1ccccc1Cl)N2. The van der Waals surface area contributed by atoms with Crippen LogP contribution in [0.3, 0.4) is 0 Å². The van der Waals surface area contributed by atoms with Crippen molar-refractivity contribution >= 4 is 34.6 Å². The molecule has 24 heavy (non-hydrogen) atoms. The van der Waals surface area contributed by atoms with Gasteiger partial charge < -0.3 is 5.32 Å². The minimum atomic E-state index is -0.403. The molecule has 1 heterocycles. The molecule has 2 aromatic rings. The van der Waals surface area contributed by atoms with E-state index < -0.39 is 4.92 Å². The summed E-state index contributed by atoms with van der Waals surface area (Å²) in [7, 11) is 0. The fourth-order valence-electron chi connectivity index (χ4n) is 3.78. The van der Waals surface area contributed by atoms with Crippen molar-refractivity contribution in [3.05, 3.63) is 79.8 Å². The first-order valence-electron chi connectivity index (χ1n) is 7.71. The molecule has 2 aromatic carbocycles. The van der Waals surface area contributed by atoms with Crippen LogP contribution in [0.25, 0.3) is 0 Å². The van der Waals surface area contributed by atoms with E-state index in [-0.39, 0.29) is 23.6 Å². The van der Waals surface area contributed by atoms with Crippen LogP contribution in [0.15, 0.2) is 48.6 Å². The lowest BCUT2D eigenvalue weighted by Crippen LogP contribution is -2.29. The number of anilines is 1. The summed E-state index contributed by atoms with van der Waals surface area (Å²) in [4.78, 5) is 10.7. The van der Waals surface area contributed by atoms with Gasteiger partial charge in [-0.05, 0) is 29.5 Å². The molecule has 2 aliphatic rings. The van der Waals surface area contributed by atoms with Crippen molar-refractivity contribution in [3.63, 3.8) is 0 Å². The number of nitro groups is 1. The molecule has 1 aliphatic heterocycles. The van der Waals surface area contributed by atoms with Crippen molar-refractivity contribution in [1.82, 2.24) is 0 Å². The molecular weight excluding hydrogens is 347 g/mol. The largest absolute Gasteiger partial charge is 0.376 e. The van der Waals surface area contributed by atoms with Gasteiger partial charge in [-0.1, -0.05) is 53.6 Å². The first-order valence-corrected chi connectivity index (χ1v) is 8.47. The zero-order valence-electron chi connectivity index (χ0n) is 12.6. The fraction of sp³-hybridized carbons (Fsp3) is 0.222. The normalized spacial score (nSPS) is 24.2. The quantitative estimate of drug-likeness (QED) is 0.422. The summed E-state index contributed by atoms with van der Waals surface area (Å²) >= 11 is 12.7. The number of halogens is 2. The van der Waals surface area contributed by atoms with E-state index in [1.165, 1.54) is 6.07 Å². The molecule has 0 spiro atoms. The average molecular weight is 361 g/mol. The number of rotatable bonds is 2. The van der Waals surface area contributed by atoms with Gasteiger partial charge in [0.2, 0.25) is 0 Å². The molecule has 0 unspecified atom stereocenters. The molecule has 0 bridgehead atoms. The van der Waals surface area contributed by atoms with Gasteiger partial charge in [0.25, 0.3) is 5.69 Å². The lowest BCUT2D eigenvalue weighted by atomic mass is 9.77. The summed E-state index contributed by atoms with van der Waals surface area (Å²) < 4.78 is 0. The standard InChI is InChI=1S/C18H14Cl2N2O2/c19-15-7-2-1-4-13(15)17-12-6-3-5-11(12)14-8-10(22(23)24)9-16(20)18(14)21-17/h1-5,7-9,11-12,17,21H,6H2/t11-,12+,17+/m1/s1.